The quantitative estimate of drug-likeness (QED) is 0.203. The Morgan fingerprint density at radius 2 is 1.86 bits per heavy atom. The first kappa shape index (κ1) is 11.1. The van der Waals surface area contributed by atoms with Crippen LogP contribution in [0.1, 0.15) is 19.3 Å². The maximum Gasteiger partial charge on any atom is 1.00 e. The fourth-order valence-electron chi connectivity index (χ4n) is 0.271. The molecule has 0 amide bonds. The fraction of sp³-hybridized carbons (Fsp3) is 0.800. The largest absolute Gasteiger partial charge is 1.00 e. The Morgan fingerprint density at radius 3 is 2.00 bits per heavy atom. The first-order chi connectivity index (χ1) is 2.91. The normalized spacial score (nSPS) is 7.71. The van der Waals surface area contributed by atoms with Gasteiger partial charge in [0.1, 0.15) is 0 Å². The van der Waals surface area contributed by atoms with Gasteiger partial charge in [0.25, 0.3) is 0 Å². The number of hydrogen-bond donors (Lipinski definition) is 0. The molecule has 0 saturated heterocycles. The minimum absolute atomic E-state index is 0. The van der Waals surface area contributed by atoms with Crippen LogP contribution in [0.4, 0.5) is 0 Å². The van der Waals surface area contributed by atoms with E-state index in [2.05, 4.69) is 6.92 Å². The van der Waals surface area contributed by atoms with Crippen LogP contribution in [-0.4, -0.2) is 5.88 Å². The zero-order valence-corrected chi connectivity index (χ0v) is 7.67. The van der Waals surface area contributed by atoms with E-state index in [1.165, 1.54) is 6.42 Å². The maximum absolute atomic E-state index is 5.35. The Kier molecular flexibility index (Phi) is 16.4. The molecule has 0 aliphatic rings. The molecule has 0 saturated carbocycles. The summed E-state index contributed by atoms with van der Waals surface area (Å²) in [7, 11) is 0. The van der Waals surface area contributed by atoms with Crippen LogP contribution in [0.2, 0.25) is 0 Å². The van der Waals surface area contributed by atoms with Gasteiger partial charge in [-0.1, -0.05) is 6.42 Å². The van der Waals surface area contributed by atoms with Gasteiger partial charge < -0.3 is 6.92 Å². The molecule has 0 aromatic carbocycles. The van der Waals surface area contributed by atoms with Crippen molar-refractivity contribution in [1.29, 1.82) is 0 Å². The van der Waals surface area contributed by atoms with Gasteiger partial charge in [0, 0.05) is 5.88 Å². The van der Waals surface area contributed by atoms with Gasteiger partial charge in [0.2, 0.25) is 0 Å². The van der Waals surface area contributed by atoms with Crippen molar-refractivity contribution >= 4 is 11.6 Å². The SMILES string of the molecule is [CH2-]CCCCCl.[Na+]. The topological polar surface area (TPSA) is 0 Å². The molecule has 0 nitrogen and oxygen atoms in total. The van der Waals surface area contributed by atoms with Crippen molar-refractivity contribution in [1.82, 2.24) is 0 Å². The summed E-state index contributed by atoms with van der Waals surface area (Å²) in [6.45, 7) is 3.66. The van der Waals surface area contributed by atoms with Crippen molar-refractivity contribution in [2.75, 3.05) is 5.88 Å². The molecule has 0 fully saturated rings. The monoisotopic (exact) mass is 128 g/mol. The summed E-state index contributed by atoms with van der Waals surface area (Å²) in [6, 6.07) is 0. The van der Waals surface area contributed by atoms with E-state index in [0.717, 1.165) is 18.7 Å². The Morgan fingerprint density at radius 1 is 1.29 bits per heavy atom. The van der Waals surface area contributed by atoms with Crippen LogP contribution in [-0.2, 0) is 0 Å². The van der Waals surface area contributed by atoms with Crippen molar-refractivity contribution < 1.29 is 29.6 Å². The molecule has 7 heavy (non-hydrogen) atoms. The first-order valence-corrected chi connectivity index (χ1v) is 2.80. The zero-order chi connectivity index (χ0) is 4.83. The van der Waals surface area contributed by atoms with Gasteiger partial charge in [0.05, 0.1) is 0 Å². The van der Waals surface area contributed by atoms with Crippen LogP contribution in [0, 0.1) is 6.92 Å². The molecule has 0 bridgehead atoms. The van der Waals surface area contributed by atoms with Gasteiger partial charge in [-0.05, 0) is 6.42 Å². The van der Waals surface area contributed by atoms with E-state index in [0.29, 0.717) is 0 Å². The summed E-state index contributed by atoms with van der Waals surface area (Å²) >= 11 is 5.35. The smallest absolute Gasteiger partial charge is 0.343 e. The number of hydrogen-bond acceptors (Lipinski definition) is 0. The van der Waals surface area contributed by atoms with Crippen LogP contribution in [0.25, 0.3) is 0 Å². The molecule has 0 aromatic rings. The summed E-state index contributed by atoms with van der Waals surface area (Å²) in [6.07, 6.45) is 3.31. The minimum Gasteiger partial charge on any atom is -0.343 e. The number of unbranched alkanes of at least 4 members (excludes halogenated alkanes) is 2. The van der Waals surface area contributed by atoms with Gasteiger partial charge in [-0.3, -0.25) is 0 Å². The Hall–Kier alpha value is 1.29. The molecular formula is C5H10ClNa. The molecule has 0 aromatic heterocycles. The van der Waals surface area contributed by atoms with E-state index in [-0.39, 0.29) is 29.6 Å². The molecule has 0 unspecified atom stereocenters. The van der Waals surface area contributed by atoms with E-state index in [4.69, 9.17) is 11.6 Å². The van der Waals surface area contributed by atoms with Crippen LogP contribution in [0.3, 0.4) is 0 Å². The molecule has 0 spiro atoms. The Labute approximate surface area is 72.9 Å². The number of alkyl halides is 1. The van der Waals surface area contributed by atoms with Crippen molar-refractivity contribution in [2.45, 2.75) is 19.3 Å². The number of halogens is 1. The standard InChI is InChI=1S/C5H10Cl.Na/c1-2-3-4-5-6;/h1-5H2;/q-1;+1. The second-order valence-electron chi connectivity index (χ2n) is 1.25. The summed E-state index contributed by atoms with van der Waals surface area (Å²) in [5.74, 6) is 0.787. The van der Waals surface area contributed by atoms with Gasteiger partial charge in [-0.25, -0.2) is 0 Å². The maximum atomic E-state index is 5.35. The second kappa shape index (κ2) is 10.3. The Balaban J connectivity index is 0. The third kappa shape index (κ3) is 11.1. The average molecular weight is 129 g/mol. The summed E-state index contributed by atoms with van der Waals surface area (Å²) in [5, 5.41) is 0. The predicted octanol–water partition coefficient (Wildman–Crippen LogP) is -0.766. The molecule has 0 aliphatic heterocycles. The summed E-state index contributed by atoms with van der Waals surface area (Å²) in [5.41, 5.74) is 0. The van der Waals surface area contributed by atoms with Crippen molar-refractivity contribution in [3.63, 3.8) is 0 Å². The molecule has 0 aliphatic carbocycles. The van der Waals surface area contributed by atoms with Gasteiger partial charge in [-0.2, -0.15) is 6.42 Å². The van der Waals surface area contributed by atoms with E-state index in [1.54, 1.807) is 0 Å². The summed E-state index contributed by atoms with van der Waals surface area (Å²) < 4.78 is 0. The van der Waals surface area contributed by atoms with Crippen LogP contribution >= 0.6 is 11.6 Å². The third-order valence-corrected chi connectivity index (χ3v) is 0.901. The van der Waals surface area contributed by atoms with Crippen molar-refractivity contribution in [2.24, 2.45) is 0 Å². The zero-order valence-electron chi connectivity index (χ0n) is 4.91. The van der Waals surface area contributed by atoms with Gasteiger partial charge in [-0.15, -0.1) is 11.6 Å². The number of rotatable bonds is 3. The predicted molar refractivity (Wildman–Crippen MR) is 29.9 cm³/mol. The van der Waals surface area contributed by atoms with Crippen LogP contribution in [0.5, 0.6) is 0 Å². The van der Waals surface area contributed by atoms with Crippen molar-refractivity contribution in [3.05, 3.63) is 6.92 Å². The van der Waals surface area contributed by atoms with E-state index >= 15 is 0 Å². The molecule has 0 rings (SSSR count). The molecule has 0 heterocycles. The molecule has 38 valence electrons. The average Bonchev–Trinajstić information content (AvgIpc) is 1.61. The van der Waals surface area contributed by atoms with E-state index in [9.17, 15) is 0 Å². The van der Waals surface area contributed by atoms with Crippen LogP contribution in [0.15, 0.2) is 0 Å². The Bertz CT molecular complexity index is 20.0. The molecule has 0 atom stereocenters. The van der Waals surface area contributed by atoms with E-state index < -0.39 is 0 Å². The van der Waals surface area contributed by atoms with Crippen molar-refractivity contribution in [3.8, 4) is 0 Å². The molecule has 0 radical (unpaired) electrons. The molecule has 2 heteroatoms. The third-order valence-electron chi connectivity index (χ3n) is 0.634. The first-order valence-electron chi connectivity index (χ1n) is 2.27. The minimum atomic E-state index is 0. The summed E-state index contributed by atoms with van der Waals surface area (Å²) in [4.78, 5) is 0. The molecular weight excluding hydrogens is 118 g/mol. The van der Waals surface area contributed by atoms with Gasteiger partial charge >= 0.3 is 29.6 Å². The van der Waals surface area contributed by atoms with Gasteiger partial charge in [0.15, 0.2) is 0 Å². The van der Waals surface area contributed by atoms with E-state index in [1.807, 2.05) is 0 Å². The van der Waals surface area contributed by atoms with Crippen LogP contribution < -0.4 is 29.6 Å². The fourth-order valence-corrected chi connectivity index (χ4v) is 0.460. The molecule has 0 N–H and O–H groups in total. The second-order valence-corrected chi connectivity index (χ2v) is 1.63.